The minimum Gasteiger partial charge on any atom is -0.414 e. The van der Waals surface area contributed by atoms with Crippen LogP contribution in [0.3, 0.4) is 0 Å². The average Bonchev–Trinajstić information content (AvgIpc) is 2.69. The molecule has 202 valence electrons. The van der Waals surface area contributed by atoms with Gasteiger partial charge in [0.15, 0.2) is 8.32 Å². The maximum Gasteiger partial charge on any atom is 0.184 e. The molecule has 0 aromatic heterocycles. The zero-order valence-electron chi connectivity index (χ0n) is 25.6. The summed E-state index contributed by atoms with van der Waals surface area (Å²) in [4.78, 5) is 0. The Bertz CT molecular complexity index is 839. The van der Waals surface area contributed by atoms with Gasteiger partial charge in [0.25, 0.3) is 0 Å². The lowest BCUT2D eigenvalue weighted by molar-refractivity contribution is -0.262. The molecule has 0 aliphatic heterocycles. The minimum atomic E-state index is -1.54. The molecule has 0 bridgehead atoms. The van der Waals surface area contributed by atoms with Gasteiger partial charge in [0.2, 0.25) is 0 Å². The van der Waals surface area contributed by atoms with Crippen LogP contribution in [-0.4, -0.2) is 14.4 Å². The first kappa shape index (κ1) is 26.8. The largest absolute Gasteiger partial charge is 0.414 e. The summed E-state index contributed by atoms with van der Waals surface area (Å²) in [5.74, 6) is 3.55. The van der Waals surface area contributed by atoms with Crippen LogP contribution < -0.4 is 0 Å². The Morgan fingerprint density at radius 1 is 0.543 bits per heavy atom. The van der Waals surface area contributed by atoms with E-state index in [-0.39, 0.29) is 0 Å². The number of fused-ring (bicyclic) bond motifs is 7. The highest BCUT2D eigenvalue weighted by molar-refractivity contribution is 6.69. The lowest BCUT2D eigenvalue weighted by Crippen LogP contribution is -2.68. The Balaban J connectivity index is 1.48. The van der Waals surface area contributed by atoms with E-state index in [2.05, 4.69) is 75.0 Å². The van der Waals surface area contributed by atoms with Gasteiger partial charge in [0.1, 0.15) is 0 Å². The summed E-state index contributed by atoms with van der Waals surface area (Å²) in [6.45, 7) is 28.7. The van der Waals surface area contributed by atoms with Gasteiger partial charge >= 0.3 is 0 Å². The molecule has 0 spiro atoms. The number of hydrogen-bond donors (Lipinski definition) is 0. The lowest BCUT2D eigenvalue weighted by atomic mass is 9.30. The smallest absolute Gasteiger partial charge is 0.184 e. The zero-order valence-corrected chi connectivity index (χ0v) is 26.6. The monoisotopic (exact) mass is 500 g/mol. The van der Waals surface area contributed by atoms with Gasteiger partial charge in [-0.25, -0.2) is 0 Å². The highest BCUT2D eigenvalue weighted by Gasteiger charge is 2.70. The molecule has 0 heterocycles. The Labute approximate surface area is 220 Å². The van der Waals surface area contributed by atoms with Crippen molar-refractivity contribution < 1.29 is 4.43 Å². The topological polar surface area (TPSA) is 9.23 Å². The van der Waals surface area contributed by atoms with Gasteiger partial charge in [-0.2, -0.15) is 0 Å². The minimum absolute atomic E-state index is 0.295. The van der Waals surface area contributed by atoms with Gasteiger partial charge in [0, 0.05) is 0 Å². The van der Waals surface area contributed by atoms with Crippen LogP contribution in [0.25, 0.3) is 0 Å². The van der Waals surface area contributed by atoms with Crippen molar-refractivity contribution in [2.75, 3.05) is 0 Å². The normalized spacial score (nSPS) is 53.1. The van der Waals surface area contributed by atoms with Crippen molar-refractivity contribution in [1.82, 2.24) is 0 Å². The highest BCUT2D eigenvalue weighted by Crippen LogP contribution is 2.78. The number of rotatable bonds is 2. The van der Waals surface area contributed by atoms with Crippen LogP contribution >= 0.6 is 0 Å². The van der Waals surface area contributed by atoms with E-state index in [1.807, 2.05) is 0 Å². The van der Waals surface area contributed by atoms with Gasteiger partial charge < -0.3 is 4.43 Å². The summed E-state index contributed by atoms with van der Waals surface area (Å²) in [6, 6.07) is 0. The predicted octanol–water partition coefficient (Wildman–Crippen LogP) is 10.1. The Morgan fingerprint density at radius 3 is 1.60 bits per heavy atom. The van der Waals surface area contributed by atoms with Gasteiger partial charge in [0.05, 0.1) is 6.10 Å². The Hall–Kier alpha value is 0.177. The van der Waals surface area contributed by atoms with Crippen molar-refractivity contribution in [3.8, 4) is 0 Å². The summed E-state index contributed by atoms with van der Waals surface area (Å²) < 4.78 is 6.89. The first-order valence-electron chi connectivity index (χ1n) is 15.6. The fraction of sp³-hybridized carbons (Fsp3) is 1.00. The maximum atomic E-state index is 6.89. The van der Waals surface area contributed by atoms with Crippen LogP contribution in [0.4, 0.5) is 0 Å². The Morgan fingerprint density at radius 2 is 1.06 bits per heavy atom. The highest BCUT2D eigenvalue weighted by atomic mass is 28.4. The van der Waals surface area contributed by atoms with Crippen molar-refractivity contribution in [3.05, 3.63) is 0 Å². The standard InChI is InChI=1S/C33H60OSi/c1-28(2)18-12-19-30(5)23(28)15-21-32(7)25(30)13-14-26-31(6)20-17-27(34-35(9,10)11)29(3,4)24(31)16-22-33(26,32)8/h23-27H,12-22H2,1-11H3/t23-,24-,25-,26-,27-,30-,31+,32+,33-/m1/s1. The Kier molecular flexibility index (Phi) is 6.01. The molecule has 5 rings (SSSR count). The number of hydrogen-bond acceptors (Lipinski definition) is 1. The second kappa shape index (κ2) is 7.86. The molecule has 0 saturated heterocycles. The van der Waals surface area contributed by atoms with Crippen LogP contribution in [-0.2, 0) is 4.43 Å². The molecule has 0 radical (unpaired) electrons. The van der Waals surface area contributed by atoms with Crippen LogP contribution in [0, 0.1) is 56.2 Å². The van der Waals surface area contributed by atoms with E-state index in [9.17, 15) is 0 Å². The van der Waals surface area contributed by atoms with Gasteiger partial charge in [-0.3, -0.25) is 0 Å². The van der Waals surface area contributed by atoms with Gasteiger partial charge in [-0.05, 0) is 140 Å². The van der Waals surface area contributed by atoms with Crippen LogP contribution in [0.5, 0.6) is 0 Å². The molecular formula is C33H60OSi. The van der Waals surface area contributed by atoms with E-state index in [4.69, 9.17) is 4.43 Å². The third-order valence-electron chi connectivity index (χ3n) is 14.3. The van der Waals surface area contributed by atoms with Gasteiger partial charge in [-0.1, -0.05) is 61.8 Å². The molecule has 0 amide bonds. The van der Waals surface area contributed by atoms with E-state index in [0.717, 1.165) is 23.7 Å². The lowest BCUT2D eigenvalue weighted by Gasteiger charge is -2.75. The van der Waals surface area contributed by atoms with E-state index in [1.54, 1.807) is 0 Å². The molecule has 5 aliphatic carbocycles. The van der Waals surface area contributed by atoms with Gasteiger partial charge in [-0.15, -0.1) is 0 Å². The maximum absolute atomic E-state index is 6.89. The molecule has 2 heteroatoms. The molecule has 5 saturated carbocycles. The third-order valence-corrected chi connectivity index (χ3v) is 15.3. The van der Waals surface area contributed by atoms with Crippen LogP contribution in [0.1, 0.15) is 126 Å². The molecule has 5 aliphatic rings. The average molecular weight is 501 g/mol. The summed E-state index contributed by atoms with van der Waals surface area (Å²) in [5, 5.41) is 0. The zero-order chi connectivity index (χ0) is 25.9. The van der Waals surface area contributed by atoms with Crippen LogP contribution in [0.15, 0.2) is 0 Å². The summed E-state index contributed by atoms with van der Waals surface area (Å²) in [5.41, 5.74) is 2.88. The van der Waals surface area contributed by atoms with E-state index >= 15 is 0 Å². The molecule has 9 atom stereocenters. The summed E-state index contributed by atoms with van der Waals surface area (Å²) >= 11 is 0. The molecule has 5 fully saturated rings. The first-order valence-corrected chi connectivity index (χ1v) is 19.0. The predicted molar refractivity (Wildman–Crippen MR) is 153 cm³/mol. The van der Waals surface area contributed by atoms with E-state index < -0.39 is 8.32 Å². The van der Waals surface area contributed by atoms with E-state index in [1.165, 1.54) is 70.6 Å². The van der Waals surface area contributed by atoms with Crippen molar-refractivity contribution in [2.45, 2.75) is 152 Å². The fourth-order valence-electron chi connectivity index (χ4n) is 12.8. The first-order chi connectivity index (χ1) is 15.9. The molecule has 35 heavy (non-hydrogen) atoms. The van der Waals surface area contributed by atoms with Crippen LogP contribution in [0.2, 0.25) is 19.6 Å². The summed E-state index contributed by atoms with van der Waals surface area (Å²) in [6.07, 6.45) is 16.4. The second-order valence-corrected chi connectivity index (χ2v) is 22.1. The molecule has 1 nitrogen and oxygen atoms in total. The van der Waals surface area contributed by atoms with Crippen molar-refractivity contribution in [1.29, 1.82) is 0 Å². The van der Waals surface area contributed by atoms with E-state index in [0.29, 0.717) is 38.6 Å². The molecule has 0 N–H and O–H groups in total. The molecule has 0 aromatic rings. The van der Waals surface area contributed by atoms with Crippen molar-refractivity contribution in [3.63, 3.8) is 0 Å². The second-order valence-electron chi connectivity index (χ2n) is 17.6. The third kappa shape index (κ3) is 3.60. The molecular weight excluding hydrogens is 440 g/mol. The molecule has 0 aromatic carbocycles. The summed E-state index contributed by atoms with van der Waals surface area (Å²) in [7, 11) is -1.54. The fourth-order valence-corrected chi connectivity index (χ4v) is 14.1. The quantitative estimate of drug-likeness (QED) is 0.343. The SMILES string of the molecule is CC1(C)CCC[C@]2(C)[C@@H]1CC[C@@]1(C)[C@@H]2CC[C@@H]2[C@@]3(C)CC[C@@H](O[Si](C)(C)C)C(C)(C)[C@H]3CC[C@]21C. The molecule has 0 unspecified atom stereocenters. The van der Waals surface area contributed by atoms with Crippen molar-refractivity contribution in [2.24, 2.45) is 56.2 Å². The van der Waals surface area contributed by atoms with Crippen molar-refractivity contribution >= 4 is 8.32 Å².